The van der Waals surface area contributed by atoms with Crippen LogP contribution in [-0.4, -0.2) is 41.1 Å². The van der Waals surface area contributed by atoms with Crippen LogP contribution in [-0.2, 0) is 24.3 Å². The fourth-order valence-electron chi connectivity index (χ4n) is 2.14. The maximum Gasteiger partial charge on any atom is 0.337 e. The number of carbonyl (C=O) groups excluding carboxylic acids is 2. The molecule has 138 valence electrons. The number of hydrogen-bond donors (Lipinski definition) is 0. The summed E-state index contributed by atoms with van der Waals surface area (Å²) in [7, 11) is -1.74. The van der Waals surface area contributed by atoms with E-state index in [-0.39, 0.29) is 16.1 Å². The van der Waals surface area contributed by atoms with Crippen LogP contribution in [0, 0.1) is 0 Å². The molecule has 0 atom stereocenters. The average molecular weight is 398 g/mol. The first kappa shape index (κ1) is 19.7. The van der Waals surface area contributed by atoms with Crippen LogP contribution in [0.25, 0.3) is 0 Å². The first-order valence-electron chi connectivity index (χ1n) is 7.33. The summed E-state index contributed by atoms with van der Waals surface area (Å²) < 4.78 is 36.1. The summed E-state index contributed by atoms with van der Waals surface area (Å²) in [4.78, 5) is 23.4. The summed E-state index contributed by atoms with van der Waals surface area (Å²) in [5.74, 6) is -1.39. The summed E-state index contributed by atoms with van der Waals surface area (Å²) in [6.45, 7) is -0.563. The molecule has 9 heteroatoms. The molecule has 0 aliphatic rings. The Morgan fingerprint density at radius 2 is 1.69 bits per heavy atom. The van der Waals surface area contributed by atoms with Crippen LogP contribution in [0.2, 0.25) is 5.02 Å². The zero-order chi connectivity index (χ0) is 19.3. The predicted molar refractivity (Wildman–Crippen MR) is 95.8 cm³/mol. The van der Waals surface area contributed by atoms with Crippen LogP contribution in [0.5, 0.6) is 0 Å². The second-order valence-electron chi connectivity index (χ2n) is 5.08. The van der Waals surface area contributed by atoms with Crippen molar-refractivity contribution >= 4 is 39.3 Å². The highest BCUT2D eigenvalue weighted by Crippen LogP contribution is 2.25. The van der Waals surface area contributed by atoms with Crippen LogP contribution < -0.4 is 4.31 Å². The molecule has 7 nitrogen and oxygen atoms in total. The zero-order valence-corrected chi connectivity index (χ0v) is 15.6. The molecular weight excluding hydrogens is 382 g/mol. The van der Waals surface area contributed by atoms with Gasteiger partial charge in [0.05, 0.1) is 30.4 Å². The fourth-order valence-corrected chi connectivity index (χ4v) is 3.66. The van der Waals surface area contributed by atoms with E-state index < -0.39 is 28.5 Å². The van der Waals surface area contributed by atoms with E-state index in [4.69, 9.17) is 11.6 Å². The molecule has 0 aromatic heterocycles. The highest BCUT2D eigenvalue weighted by atomic mass is 35.5. The lowest BCUT2D eigenvalue weighted by atomic mass is 10.2. The lowest BCUT2D eigenvalue weighted by Gasteiger charge is -2.23. The Bertz CT molecular complexity index is 911. The van der Waals surface area contributed by atoms with Crippen molar-refractivity contribution in [3.05, 3.63) is 59.1 Å². The van der Waals surface area contributed by atoms with Crippen LogP contribution >= 0.6 is 11.6 Å². The first-order valence-corrected chi connectivity index (χ1v) is 9.15. The Balaban J connectivity index is 2.55. The van der Waals surface area contributed by atoms with Gasteiger partial charge >= 0.3 is 11.9 Å². The number of carbonyl (C=O) groups is 2. The molecule has 0 bridgehead atoms. The topological polar surface area (TPSA) is 90.0 Å². The van der Waals surface area contributed by atoms with E-state index in [1.165, 1.54) is 55.6 Å². The van der Waals surface area contributed by atoms with Gasteiger partial charge in [0, 0.05) is 5.02 Å². The number of ether oxygens (including phenoxy) is 2. The number of benzene rings is 2. The highest BCUT2D eigenvalue weighted by Gasteiger charge is 2.28. The van der Waals surface area contributed by atoms with Gasteiger partial charge in [-0.1, -0.05) is 17.7 Å². The van der Waals surface area contributed by atoms with E-state index in [0.29, 0.717) is 5.02 Å². The number of sulfonamides is 1. The van der Waals surface area contributed by atoms with Crippen LogP contribution in [0.15, 0.2) is 53.4 Å². The summed E-state index contributed by atoms with van der Waals surface area (Å²) in [6.07, 6.45) is 0. The monoisotopic (exact) mass is 397 g/mol. The molecule has 0 saturated carbocycles. The molecule has 0 N–H and O–H groups in total. The lowest BCUT2D eigenvalue weighted by molar-refractivity contribution is -0.138. The van der Waals surface area contributed by atoms with E-state index in [9.17, 15) is 18.0 Å². The molecule has 0 saturated heterocycles. The van der Waals surface area contributed by atoms with Gasteiger partial charge in [-0.25, -0.2) is 13.2 Å². The molecule has 2 aromatic carbocycles. The zero-order valence-electron chi connectivity index (χ0n) is 14.0. The molecule has 0 unspecified atom stereocenters. The van der Waals surface area contributed by atoms with Crippen molar-refractivity contribution in [2.45, 2.75) is 4.90 Å². The Hall–Kier alpha value is -2.58. The molecule has 0 fully saturated rings. The van der Waals surface area contributed by atoms with Crippen molar-refractivity contribution in [2.24, 2.45) is 0 Å². The molecule has 26 heavy (non-hydrogen) atoms. The van der Waals surface area contributed by atoms with Gasteiger partial charge in [-0.2, -0.15) is 0 Å². The van der Waals surface area contributed by atoms with Gasteiger partial charge in [0.1, 0.15) is 6.54 Å². The second kappa shape index (κ2) is 8.20. The fraction of sp³-hybridized carbons (Fsp3) is 0.176. The third-order valence-electron chi connectivity index (χ3n) is 3.46. The average Bonchev–Trinajstić information content (AvgIpc) is 2.65. The minimum absolute atomic E-state index is 0.0609. The van der Waals surface area contributed by atoms with Crippen LogP contribution in [0.1, 0.15) is 10.4 Å². The maximum atomic E-state index is 13.0. The molecule has 0 heterocycles. The number of halogens is 1. The number of nitrogens with zero attached hydrogens (tertiary/aromatic N) is 1. The molecule has 0 amide bonds. The maximum absolute atomic E-state index is 13.0. The SMILES string of the molecule is COC(=O)CN(c1cccc(C(=O)OC)c1)S(=O)(=O)c1ccc(Cl)cc1. The molecule has 2 aromatic rings. The van der Waals surface area contributed by atoms with Gasteiger partial charge < -0.3 is 9.47 Å². The van der Waals surface area contributed by atoms with Crippen molar-refractivity contribution in [1.29, 1.82) is 0 Å². The molecule has 0 radical (unpaired) electrons. The van der Waals surface area contributed by atoms with E-state index in [2.05, 4.69) is 9.47 Å². The number of methoxy groups -OCH3 is 2. The van der Waals surface area contributed by atoms with Gasteiger partial charge in [-0.15, -0.1) is 0 Å². The molecule has 0 aliphatic carbocycles. The van der Waals surface area contributed by atoms with Gasteiger partial charge in [0.15, 0.2) is 0 Å². The van der Waals surface area contributed by atoms with Crippen molar-refractivity contribution in [3.63, 3.8) is 0 Å². The van der Waals surface area contributed by atoms with Crippen molar-refractivity contribution < 1.29 is 27.5 Å². The molecule has 0 aliphatic heterocycles. The smallest absolute Gasteiger partial charge is 0.337 e. The molecular formula is C17H16ClNO6S. The summed E-state index contributed by atoms with van der Waals surface area (Å²) >= 11 is 5.80. The summed E-state index contributed by atoms with van der Waals surface area (Å²) in [6, 6.07) is 11.2. The predicted octanol–water partition coefficient (Wildman–Crippen LogP) is 2.49. The second-order valence-corrected chi connectivity index (χ2v) is 7.38. The van der Waals surface area contributed by atoms with E-state index in [1.54, 1.807) is 0 Å². The Kier molecular flexibility index (Phi) is 6.23. The third-order valence-corrected chi connectivity index (χ3v) is 5.50. The largest absolute Gasteiger partial charge is 0.468 e. The first-order chi connectivity index (χ1) is 12.3. The normalized spacial score (nSPS) is 10.9. The number of esters is 2. The van der Waals surface area contributed by atoms with Gasteiger partial charge in [-0.3, -0.25) is 9.10 Å². The summed E-state index contributed by atoms with van der Waals surface area (Å²) in [5.41, 5.74) is 0.263. The minimum atomic E-state index is -4.10. The van der Waals surface area contributed by atoms with Gasteiger partial charge in [0.2, 0.25) is 0 Å². The lowest BCUT2D eigenvalue weighted by Crippen LogP contribution is -2.36. The third kappa shape index (κ3) is 4.33. The number of anilines is 1. The molecule has 2 rings (SSSR count). The Morgan fingerprint density at radius 3 is 2.27 bits per heavy atom. The van der Waals surface area contributed by atoms with Crippen LogP contribution in [0.3, 0.4) is 0 Å². The van der Waals surface area contributed by atoms with Crippen molar-refractivity contribution in [2.75, 3.05) is 25.1 Å². The van der Waals surface area contributed by atoms with E-state index in [1.807, 2.05) is 0 Å². The Labute approximate surface area is 156 Å². The van der Waals surface area contributed by atoms with E-state index in [0.717, 1.165) is 11.4 Å². The van der Waals surface area contributed by atoms with E-state index >= 15 is 0 Å². The highest BCUT2D eigenvalue weighted by molar-refractivity contribution is 7.92. The molecule has 0 spiro atoms. The Morgan fingerprint density at radius 1 is 1.04 bits per heavy atom. The van der Waals surface area contributed by atoms with Gasteiger partial charge in [-0.05, 0) is 42.5 Å². The number of hydrogen-bond acceptors (Lipinski definition) is 6. The minimum Gasteiger partial charge on any atom is -0.468 e. The van der Waals surface area contributed by atoms with Crippen LogP contribution in [0.4, 0.5) is 5.69 Å². The number of rotatable bonds is 6. The van der Waals surface area contributed by atoms with Crippen molar-refractivity contribution in [1.82, 2.24) is 0 Å². The quantitative estimate of drug-likeness (QED) is 0.695. The van der Waals surface area contributed by atoms with Crippen molar-refractivity contribution in [3.8, 4) is 0 Å². The standard InChI is InChI=1S/C17H16ClNO6S/c1-24-16(20)11-19(14-5-3-4-12(10-14)17(21)25-2)26(22,23)15-8-6-13(18)7-9-15/h3-10H,11H2,1-2H3. The van der Waals surface area contributed by atoms with Gasteiger partial charge in [0.25, 0.3) is 10.0 Å². The summed E-state index contributed by atoms with van der Waals surface area (Å²) in [5, 5.41) is 0.371.